The summed E-state index contributed by atoms with van der Waals surface area (Å²) >= 11 is 0. The Hall–Kier alpha value is -1.65. The molecule has 21 heavy (non-hydrogen) atoms. The number of amides is 1. The predicted octanol–water partition coefficient (Wildman–Crippen LogP) is 2.09. The van der Waals surface area contributed by atoms with E-state index in [0.29, 0.717) is 12.5 Å². The minimum absolute atomic E-state index is 0.250. The Kier molecular flexibility index (Phi) is 4.08. The van der Waals surface area contributed by atoms with Gasteiger partial charge >= 0.3 is 0 Å². The number of hydrogen-bond donors (Lipinski definition) is 1. The second-order valence-corrected chi connectivity index (χ2v) is 6.08. The molecule has 0 radical (unpaired) electrons. The molecule has 1 fully saturated rings. The van der Waals surface area contributed by atoms with Crippen molar-refractivity contribution in [1.29, 1.82) is 0 Å². The number of nitrogens with zero attached hydrogens (tertiary/aromatic N) is 3. The van der Waals surface area contributed by atoms with Crippen molar-refractivity contribution < 1.29 is 4.79 Å². The second-order valence-electron chi connectivity index (χ2n) is 6.08. The molecule has 2 aliphatic rings. The van der Waals surface area contributed by atoms with Gasteiger partial charge in [0.2, 0.25) is 5.91 Å². The number of fused-ring (bicyclic) bond motifs is 1. The summed E-state index contributed by atoms with van der Waals surface area (Å²) in [5.74, 6) is 2.10. The molecule has 1 aliphatic heterocycles. The van der Waals surface area contributed by atoms with Crippen molar-refractivity contribution in [3.05, 3.63) is 17.1 Å². The molecule has 1 saturated heterocycles. The summed E-state index contributed by atoms with van der Waals surface area (Å²) in [5, 5.41) is 3.57. The highest BCUT2D eigenvalue weighted by Crippen LogP contribution is 2.27. The van der Waals surface area contributed by atoms with Crippen LogP contribution in [0, 0.1) is 6.92 Å². The molecule has 1 aromatic rings. The molecule has 0 aromatic carbocycles. The lowest BCUT2D eigenvalue weighted by atomic mass is 9.96. The average molecular weight is 288 g/mol. The summed E-state index contributed by atoms with van der Waals surface area (Å²) < 4.78 is 0. The Labute approximate surface area is 126 Å². The monoisotopic (exact) mass is 288 g/mol. The van der Waals surface area contributed by atoms with E-state index < -0.39 is 0 Å². The molecule has 2 heterocycles. The fourth-order valence-electron chi connectivity index (χ4n) is 3.36. The second kappa shape index (κ2) is 6.00. The van der Waals surface area contributed by atoms with Gasteiger partial charge in [-0.1, -0.05) is 6.92 Å². The van der Waals surface area contributed by atoms with Crippen LogP contribution >= 0.6 is 0 Å². The van der Waals surface area contributed by atoms with Gasteiger partial charge in [-0.05, 0) is 39.0 Å². The van der Waals surface area contributed by atoms with Gasteiger partial charge in [0.25, 0.3) is 0 Å². The molecule has 1 atom stereocenters. The molecular formula is C16H24N4O. The van der Waals surface area contributed by atoms with Crippen molar-refractivity contribution in [2.45, 2.75) is 58.4 Å². The van der Waals surface area contributed by atoms with Gasteiger partial charge in [-0.3, -0.25) is 4.79 Å². The lowest BCUT2D eigenvalue weighted by molar-refractivity contribution is -0.129. The first-order chi connectivity index (χ1) is 10.2. The van der Waals surface area contributed by atoms with Crippen LogP contribution in [0.3, 0.4) is 0 Å². The van der Waals surface area contributed by atoms with Crippen LogP contribution < -0.4 is 5.32 Å². The van der Waals surface area contributed by atoms with Gasteiger partial charge < -0.3 is 10.2 Å². The van der Waals surface area contributed by atoms with Crippen LogP contribution in [-0.2, 0) is 17.6 Å². The highest BCUT2D eigenvalue weighted by molar-refractivity contribution is 5.76. The number of aryl methyl sites for hydroxylation is 2. The molecule has 1 aromatic heterocycles. The first kappa shape index (κ1) is 14.3. The third-order valence-electron chi connectivity index (χ3n) is 4.48. The fraction of sp³-hybridized carbons (Fsp3) is 0.688. The number of likely N-dealkylation sites (tertiary alicyclic amines) is 1. The first-order valence-electron chi connectivity index (χ1n) is 8.08. The molecule has 1 amide bonds. The summed E-state index contributed by atoms with van der Waals surface area (Å²) in [6, 6.07) is 0.320. The van der Waals surface area contributed by atoms with Crippen molar-refractivity contribution in [2.75, 3.05) is 18.4 Å². The van der Waals surface area contributed by atoms with Gasteiger partial charge in [-0.25, -0.2) is 9.97 Å². The zero-order valence-electron chi connectivity index (χ0n) is 13.0. The van der Waals surface area contributed by atoms with Crippen LogP contribution in [0.4, 0.5) is 5.82 Å². The highest BCUT2D eigenvalue weighted by Gasteiger charge is 2.27. The maximum atomic E-state index is 11.8. The van der Waals surface area contributed by atoms with Crippen LogP contribution in [0.1, 0.15) is 49.7 Å². The molecule has 5 heteroatoms. The maximum Gasteiger partial charge on any atom is 0.222 e. The van der Waals surface area contributed by atoms with Crippen molar-refractivity contribution in [1.82, 2.24) is 14.9 Å². The zero-order valence-corrected chi connectivity index (χ0v) is 13.0. The Morgan fingerprint density at radius 1 is 1.33 bits per heavy atom. The number of carbonyl (C=O) groups excluding carboxylic acids is 1. The number of nitrogens with one attached hydrogen (secondary N) is 1. The molecule has 0 spiro atoms. The Balaban J connectivity index is 1.74. The van der Waals surface area contributed by atoms with Crippen molar-refractivity contribution in [3.63, 3.8) is 0 Å². The van der Waals surface area contributed by atoms with Crippen molar-refractivity contribution in [3.8, 4) is 0 Å². The summed E-state index contributed by atoms with van der Waals surface area (Å²) in [6.07, 6.45) is 6.18. The molecule has 1 aliphatic carbocycles. The molecule has 3 rings (SSSR count). The minimum Gasteiger partial charge on any atom is -0.365 e. The summed E-state index contributed by atoms with van der Waals surface area (Å²) in [7, 11) is 0. The minimum atomic E-state index is 0.250. The van der Waals surface area contributed by atoms with Gasteiger partial charge in [0.05, 0.1) is 0 Å². The Bertz CT molecular complexity index is 543. The lowest BCUT2D eigenvalue weighted by Crippen LogP contribution is -2.31. The number of anilines is 1. The quantitative estimate of drug-likeness (QED) is 0.925. The van der Waals surface area contributed by atoms with E-state index in [4.69, 9.17) is 0 Å². The van der Waals surface area contributed by atoms with E-state index in [1.54, 1.807) is 0 Å². The Morgan fingerprint density at radius 2 is 2.14 bits per heavy atom. The van der Waals surface area contributed by atoms with Gasteiger partial charge in [-0.2, -0.15) is 0 Å². The fourth-order valence-corrected chi connectivity index (χ4v) is 3.36. The standard InChI is InChI=1S/C16H24N4O/c1-3-15(21)20-9-8-12(10-20)19-16-13-6-4-5-7-14(13)17-11(2)18-16/h12H,3-10H2,1-2H3,(H,17,18,19). The van der Waals surface area contributed by atoms with Crippen LogP contribution in [0.5, 0.6) is 0 Å². The van der Waals surface area contributed by atoms with Crippen LogP contribution in [0.25, 0.3) is 0 Å². The first-order valence-corrected chi connectivity index (χ1v) is 8.08. The van der Waals surface area contributed by atoms with Crippen LogP contribution in [0.15, 0.2) is 0 Å². The van der Waals surface area contributed by atoms with E-state index in [-0.39, 0.29) is 5.91 Å². The van der Waals surface area contributed by atoms with Gasteiger partial charge in [0.15, 0.2) is 0 Å². The molecule has 114 valence electrons. The third-order valence-corrected chi connectivity index (χ3v) is 4.48. The summed E-state index contributed by atoms with van der Waals surface area (Å²) in [4.78, 5) is 22.9. The summed E-state index contributed by atoms with van der Waals surface area (Å²) in [6.45, 7) is 5.54. The molecule has 1 N–H and O–H groups in total. The van der Waals surface area contributed by atoms with E-state index in [2.05, 4.69) is 15.3 Å². The molecule has 5 nitrogen and oxygen atoms in total. The highest BCUT2D eigenvalue weighted by atomic mass is 16.2. The Morgan fingerprint density at radius 3 is 2.95 bits per heavy atom. The average Bonchev–Trinajstić information content (AvgIpc) is 2.95. The van der Waals surface area contributed by atoms with Crippen molar-refractivity contribution >= 4 is 11.7 Å². The van der Waals surface area contributed by atoms with Gasteiger partial charge in [-0.15, -0.1) is 0 Å². The van der Waals surface area contributed by atoms with Crippen LogP contribution in [0.2, 0.25) is 0 Å². The van der Waals surface area contributed by atoms with E-state index in [9.17, 15) is 4.79 Å². The molecule has 0 bridgehead atoms. The normalized spacial score (nSPS) is 21.2. The molecular weight excluding hydrogens is 264 g/mol. The van der Waals surface area contributed by atoms with Crippen LogP contribution in [-0.4, -0.2) is 39.9 Å². The topological polar surface area (TPSA) is 58.1 Å². The van der Waals surface area contributed by atoms with E-state index in [0.717, 1.165) is 44.0 Å². The van der Waals surface area contributed by atoms with Gasteiger partial charge in [0.1, 0.15) is 11.6 Å². The predicted molar refractivity (Wildman–Crippen MR) is 82.3 cm³/mol. The third kappa shape index (κ3) is 3.01. The number of carbonyl (C=O) groups is 1. The maximum absolute atomic E-state index is 11.8. The zero-order chi connectivity index (χ0) is 14.8. The SMILES string of the molecule is CCC(=O)N1CCC(Nc2nc(C)nc3c2CCCC3)C1. The van der Waals surface area contributed by atoms with E-state index in [1.165, 1.54) is 24.1 Å². The summed E-state index contributed by atoms with van der Waals surface area (Å²) in [5.41, 5.74) is 2.52. The number of hydrogen-bond acceptors (Lipinski definition) is 4. The van der Waals surface area contributed by atoms with Crippen molar-refractivity contribution in [2.24, 2.45) is 0 Å². The largest absolute Gasteiger partial charge is 0.365 e. The van der Waals surface area contributed by atoms with Gasteiger partial charge in [0, 0.05) is 36.8 Å². The molecule has 0 saturated carbocycles. The number of rotatable bonds is 3. The molecule has 1 unspecified atom stereocenters. The number of aromatic nitrogens is 2. The van der Waals surface area contributed by atoms with E-state index >= 15 is 0 Å². The van der Waals surface area contributed by atoms with E-state index in [1.807, 2.05) is 18.7 Å². The lowest BCUT2D eigenvalue weighted by Gasteiger charge is -2.22. The smallest absolute Gasteiger partial charge is 0.222 e.